The normalized spacial score (nSPS) is 41.6. The summed E-state index contributed by atoms with van der Waals surface area (Å²) in [6.07, 6.45) is -4.76. The lowest BCUT2D eigenvalue weighted by Crippen LogP contribution is -2.39. The van der Waals surface area contributed by atoms with E-state index in [9.17, 15) is 4.79 Å². The quantitative estimate of drug-likeness (QED) is 0.358. The number of aliphatic hydroxyl groups is 3. The van der Waals surface area contributed by atoms with Gasteiger partial charge in [-0.15, -0.1) is 0 Å². The number of aliphatic hydroxyl groups excluding tert-OH is 3. The van der Waals surface area contributed by atoms with Crippen LogP contribution in [0.2, 0.25) is 0 Å². The molecule has 1 aliphatic rings. The smallest absolute Gasteiger partial charge is 0.249 e. The summed E-state index contributed by atoms with van der Waals surface area (Å²) >= 11 is 0. The van der Waals surface area contributed by atoms with Gasteiger partial charge in [-0.25, -0.2) is 0 Å². The zero-order chi connectivity index (χ0) is 9.30. The molecule has 0 saturated carbocycles. The summed E-state index contributed by atoms with van der Waals surface area (Å²) in [5, 5.41) is 26.9. The number of ether oxygens (including phenoxy) is 1. The Labute approximate surface area is 68.6 Å². The van der Waals surface area contributed by atoms with Crippen LogP contribution in [-0.4, -0.2) is 52.2 Å². The minimum atomic E-state index is -1.35. The molecule has 6 nitrogen and oxygen atoms in total. The van der Waals surface area contributed by atoms with Crippen LogP contribution in [0.4, 0.5) is 0 Å². The van der Waals surface area contributed by atoms with Crippen molar-refractivity contribution in [3.05, 3.63) is 0 Å². The first kappa shape index (κ1) is 9.40. The van der Waals surface area contributed by atoms with E-state index >= 15 is 0 Å². The Balaban J connectivity index is 2.66. The van der Waals surface area contributed by atoms with Crippen LogP contribution in [0.25, 0.3) is 0 Å². The fraction of sp³-hybridized carbons (Fsp3) is 0.833. The van der Waals surface area contributed by atoms with Crippen molar-refractivity contribution in [2.24, 2.45) is 5.73 Å². The van der Waals surface area contributed by atoms with Crippen LogP contribution in [0, 0.1) is 0 Å². The SMILES string of the molecule is NC(=O)[C@H]1O[C@@H](CO)[C@H](O)[C@@H]1O. The highest BCUT2D eigenvalue weighted by atomic mass is 16.6. The second-order valence-corrected chi connectivity index (χ2v) is 2.66. The van der Waals surface area contributed by atoms with Gasteiger partial charge in [0, 0.05) is 0 Å². The first-order chi connectivity index (χ1) is 5.57. The van der Waals surface area contributed by atoms with Gasteiger partial charge < -0.3 is 25.8 Å². The van der Waals surface area contributed by atoms with Crippen molar-refractivity contribution in [3.63, 3.8) is 0 Å². The van der Waals surface area contributed by atoms with Gasteiger partial charge in [-0.3, -0.25) is 4.79 Å². The summed E-state index contributed by atoms with van der Waals surface area (Å²) < 4.78 is 4.77. The van der Waals surface area contributed by atoms with E-state index in [-0.39, 0.29) is 0 Å². The predicted octanol–water partition coefficient (Wildman–Crippen LogP) is -3.05. The average molecular weight is 177 g/mol. The first-order valence-corrected chi connectivity index (χ1v) is 3.49. The second-order valence-electron chi connectivity index (χ2n) is 2.66. The molecule has 6 heteroatoms. The number of amides is 1. The standard InChI is InChI=1S/C6H11NO5/c7-6(11)5-4(10)3(9)2(1-8)12-5/h2-5,8-10H,1H2,(H2,7,11)/t2-,3-,4-,5-/m0/s1. The molecule has 0 bridgehead atoms. The minimum absolute atomic E-state index is 0.456. The molecule has 1 saturated heterocycles. The van der Waals surface area contributed by atoms with Crippen LogP contribution in [0.1, 0.15) is 0 Å². The monoisotopic (exact) mass is 177 g/mol. The van der Waals surface area contributed by atoms with Crippen LogP contribution in [0.5, 0.6) is 0 Å². The van der Waals surface area contributed by atoms with E-state index in [1.807, 2.05) is 0 Å². The maximum absolute atomic E-state index is 10.6. The Kier molecular flexibility index (Phi) is 2.63. The molecular weight excluding hydrogens is 166 g/mol. The summed E-state index contributed by atoms with van der Waals surface area (Å²) in [6, 6.07) is 0. The molecule has 1 rings (SSSR count). The van der Waals surface area contributed by atoms with Gasteiger partial charge in [0.05, 0.1) is 6.61 Å². The molecule has 1 aliphatic heterocycles. The summed E-state index contributed by atoms with van der Waals surface area (Å²) in [4.78, 5) is 10.6. The highest BCUT2D eigenvalue weighted by molar-refractivity contribution is 5.80. The molecule has 0 radical (unpaired) electrons. The third kappa shape index (κ3) is 1.42. The Morgan fingerprint density at radius 3 is 2.25 bits per heavy atom. The van der Waals surface area contributed by atoms with Crippen LogP contribution >= 0.6 is 0 Å². The first-order valence-electron chi connectivity index (χ1n) is 3.49. The number of hydrogen-bond donors (Lipinski definition) is 4. The predicted molar refractivity (Wildman–Crippen MR) is 37.0 cm³/mol. The summed E-state index contributed by atoms with van der Waals surface area (Å²) in [7, 11) is 0. The van der Waals surface area contributed by atoms with Gasteiger partial charge in [0.25, 0.3) is 0 Å². The zero-order valence-electron chi connectivity index (χ0n) is 6.25. The highest BCUT2D eigenvalue weighted by Crippen LogP contribution is 2.20. The maximum atomic E-state index is 10.6. The largest absolute Gasteiger partial charge is 0.394 e. The number of nitrogens with two attached hydrogens (primary N) is 1. The molecule has 0 aliphatic carbocycles. The van der Waals surface area contributed by atoms with E-state index in [4.69, 9.17) is 25.8 Å². The second kappa shape index (κ2) is 3.36. The fourth-order valence-corrected chi connectivity index (χ4v) is 1.13. The Morgan fingerprint density at radius 1 is 1.42 bits per heavy atom. The van der Waals surface area contributed by atoms with E-state index in [0.717, 1.165) is 0 Å². The molecule has 1 fully saturated rings. The molecule has 0 aromatic rings. The Bertz CT molecular complexity index is 185. The van der Waals surface area contributed by atoms with Gasteiger partial charge in [-0.2, -0.15) is 0 Å². The van der Waals surface area contributed by atoms with E-state index in [1.54, 1.807) is 0 Å². The Morgan fingerprint density at radius 2 is 2.00 bits per heavy atom. The van der Waals surface area contributed by atoms with Crippen molar-refractivity contribution in [2.75, 3.05) is 6.61 Å². The molecule has 4 atom stereocenters. The van der Waals surface area contributed by atoms with Gasteiger partial charge in [-0.05, 0) is 0 Å². The maximum Gasteiger partial charge on any atom is 0.249 e. The summed E-state index contributed by atoms with van der Waals surface area (Å²) in [6.45, 7) is -0.456. The highest BCUT2D eigenvalue weighted by Gasteiger charge is 2.44. The molecule has 5 N–H and O–H groups in total. The van der Waals surface area contributed by atoms with Crippen LogP contribution in [-0.2, 0) is 9.53 Å². The van der Waals surface area contributed by atoms with Crippen molar-refractivity contribution in [3.8, 4) is 0 Å². The molecule has 0 aromatic carbocycles. The number of primary amides is 1. The van der Waals surface area contributed by atoms with E-state index < -0.39 is 36.9 Å². The van der Waals surface area contributed by atoms with E-state index in [2.05, 4.69) is 0 Å². The van der Waals surface area contributed by atoms with Crippen molar-refractivity contribution < 1.29 is 24.9 Å². The van der Waals surface area contributed by atoms with E-state index in [0.29, 0.717) is 0 Å². The summed E-state index contributed by atoms with van der Waals surface area (Å²) in [5.41, 5.74) is 4.85. The Hall–Kier alpha value is -0.690. The van der Waals surface area contributed by atoms with Gasteiger partial charge in [0.1, 0.15) is 18.3 Å². The lowest BCUT2D eigenvalue weighted by molar-refractivity contribution is -0.133. The molecule has 1 heterocycles. The topological polar surface area (TPSA) is 113 Å². The van der Waals surface area contributed by atoms with Crippen molar-refractivity contribution in [2.45, 2.75) is 24.4 Å². The van der Waals surface area contributed by atoms with E-state index in [1.165, 1.54) is 0 Å². The molecule has 0 unspecified atom stereocenters. The number of carbonyl (C=O) groups excluding carboxylic acids is 1. The van der Waals surface area contributed by atoms with Gasteiger partial charge >= 0.3 is 0 Å². The number of hydrogen-bond acceptors (Lipinski definition) is 5. The van der Waals surface area contributed by atoms with Gasteiger partial charge in [0.2, 0.25) is 5.91 Å². The molecular formula is C6H11NO5. The minimum Gasteiger partial charge on any atom is -0.394 e. The van der Waals surface area contributed by atoms with Crippen LogP contribution in [0.3, 0.4) is 0 Å². The fourth-order valence-electron chi connectivity index (χ4n) is 1.13. The third-order valence-electron chi connectivity index (χ3n) is 1.82. The number of carbonyl (C=O) groups is 1. The summed E-state index contributed by atoms with van der Waals surface area (Å²) in [5.74, 6) is -0.850. The average Bonchev–Trinajstić information content (AvgIpc) is 2.30. The molecule has 0 aromatic heterocycles. The molecule has 12 heavy (non-hydrogen) atoms. The lowest BCUT2D eigenvalue weighted by atomic mass is 10.1. The molecule has 70 valence electrons. The van der Waals surface area contributed by atoms with Crippen LogP contribution in [0.15, 0.2) is 0 Å². The lowest BCUT2D eigenvalue weighted by Gasteiger charge is -2.10. The van der Waals surface area contributed by atoms with Crippen LogP contribution < -0.4 is 5.73 Å². The van der Waals surface area contributed by atoms with Crippen molar-refractivity contribution in [1.29, 1.82) is 0 Å². The zero-order valence-corrected chi connectivity index (χ0v) is 6.25. The van der Waals surface area contributed by atoms with Crippen molar-refractivity contribution >= 4 is 5.91 Å². The van der Waals surface area contributed by atoms with Gasteiger partial charge in [0.15, 0.2) is 6.10 Å². The third-order valence-corrected chi connectivity index (χ3v) is 1.82. The molecule has 1 amide bonds. The number of rotatable bonds is 2. The molecule has 0 spiro atoms. The van der Waals surface area contributed by atoms with Gasteiger partial charge in [-0.1, -0.05) is 0 Å². The van der Waals surface area contributed by atoms with Crippen molar-refractivity contribution in [1.82, 2.24) is 0 Å².